The summed E-state index contributed by atoms with van der Waals surface area (Å²) in [5.41, 5.74) is 0.904. The molecule has 0 spiro atoms. The van der Waals surface area contributed by atoms with Crippen LogP contribution in [0.25, 0.3) is 0 Å². The van der Waals surface area contributed by atoms with Gasteiger partial charge in [0.2, 0.25) is 0 Å². The fraction of sp³-hybridized carbons (Fsp3) is 0.741. The predicted octanol–water partition coefficient (Wildman–Crippen LogP) is 5.01. The van der Waals surface area contributed by atoms with Gasteiger partial charge in [-0.15, -0.1) is 0 Å². The van der Waals surface area contributed by atoms with Crippen molar-refractivity contribution in [2.24, 2.45) is 34.0 Å². The van der Waals surface area contributed by atoms with Crippen LogP contribution in [0, 0.1) is 34.0 Å². The maximum Gasteiger partial charge on any atom is 0.303 e. The molecule has 0 radical (unpaired) electrons. The second-order valence-electron chi connectivity index (χ2n) is 11.7. The second-order valence-corrected chi connectivity index (χ2v) is 11.7. The van der Waals surface area contributed by atoms with Crippen LogP contribution in [0.4, 0.5) is 0 Å². The fourth-order valence-electron chi connectivity index (χ4n) is 7.89. The average Bonchev–Trinajstić information content (AvgIpc) is 2.97. The third-order valence-electron chi connectivity index (χ3n) is 9.79. The highest BCUT2D eigenvalue weighted by Crippen LogP contribution is 2.70. The normalized spacial score (nSPS) is 39.1. The molecule has 184 valence electrons. The van der Waals surface area contributed by atoms with Crippen molar-refractivity contribution in [3.05, 3.63) is 23.3 Å². The summed E-state index contributed by atoms with van der Waals surface area (Å²) in [5.74, 6) is -1.49. The van der Waals surface area contributed by atoms with Gasteiger partial charge in [-0.3, -0.25) is 14.4 Å². The Bertz CT molecular complexity index is 902. The van der Waals surface area contributed by atoms with Crippen LogP contribution in [0.3, 0.4) is 0 Å². The topological polar surface area (TPSA) is 112 Å². The number of aliphatic hydroxyl groups excluding tert-OH is 1. The van der Waals surface area contributed by atoms with Crippen molar-refractivity contribution in [1.82, 2.24) is 0 Å². The van der Waals surface area contributed by atoms with Gasteiger partial charge < -0.3 is 15.3 Å². The molecule has 0 saturated heterocycles. The second kappa shape index (κ2) is 8.68. The first-order valence-corrected chi connectivity index (χ1v) is 12.2. The van der Waals surface area contributed by atoms with E-state index in [1.165, 1.54) is 0 Å². The Morgan fingerprint density at radius 2 is 1.76 bits per heavy atom. The molecular weight excluding hydrogens is 420 g/mol. The van der Waals surface area contributed by atoms with Gasteiger partial charge in [0.05, 0.1) is 6.10 Å². The highest BCUT2D eigenvalue weighted by atomic mass is 16.4. The summed E-state index contributed by atoms with van der Waals surface area (Å²) in [6.07, 6.45) is 2.74. The van der Waals surface area contributed by atoms with Gasteiger partial charge in [0.25, 0.3) is 0 Å². The molecule has 6 heteroatoms. The van der Waals surface area contributed by atoms with E-state index in [-0.39, 0.29) is 47.2 Å². The van der Waals surface area contributed by atoms with Crippen molar-refractivity contribution in [2.75, 3.05) is 0 Å². The number of aliphatic carboxylic acids is 2. The minimum atomic E-state index is -0.891. The van der Waals surface area contributed by atoms with Gasteiger partial charge in [0.15, 0.2) is 5.78 Å². The molecule has 0 aromatic carbocycles. The van der Waals surface area contributed by atoms with Crippen LogP contribution in [0.1, 0.15) is 86.0 Å². The van der Waals surface area contributed by atoms with Crippen molar-refractivity contribution in [2.45, 2.75) is 92.1 Å². The summed E-state index contributed by atoms with van der Waals surface area (Å²) < 4.78 is 0. The van der Waals surface area contributed by atoms with Gasteiger partial charge in [-0.05, 0) is 73.2 Å². The molecule has 0 heterocycles. The number of hydrogen-bond donors (Lipinski definition) is 3. The van der Waals surface area contributed by atoms with Gasteiger partial charge in [0, 0.05) is 30.3 Å². The van der Waals surface area contributed by atoms with E-state index < -0.39 is 23.5 Å². The lowest BCUT2D eigenvalue weighted by molar-refractivity contribution is -0.138. The molecule has 0 aromatic rings. The summed E-state index contributed by atoms with van der Waals surface area (Å²) in [7, 11) is 0. The first-order chi connectivity index (χ1) is 15.2. The van der Waals surface area contributed by atoms with Crippen LogP contribution in [0.5, 0.6) is 0 Å². The van der Waals surface area contributed by atoms with Gasteiger partial charge in [-0.2, -0.15) is 0 Å². The summed E-state index contributed by atoms with van der Waals surface area (Å²) in [6, 6.07) is 0. The molecule has 1 saturated carbocycles. The molecule has 0 bridgehead atoms. The molecule has 0 amide bonds. The summed E-state index contributed by atoms with van der Waals surface area (Å²) in [4.78, 5) is 36.5. The van der Waals surface area contributed by atoms with E-state index in [4.69, 9.17) is 5.11 Å². The number of rotatable bonds is 8. The third kappa shape index (κ3) is 3.98. The smallest absolute Gasteiger partial charge is 0.303 e. The standard InChI is InChI=1S/C27H40O6/c1-15(2)18-13-19(28)24-23(25(18,4)11-10-22(32)33)20(29)14-27(6)17(9-12-26(24,27)5)16(3)7-8-21(30)31/h16-19,28H,1,7-14H2,2-6H3,(H,30,31)(H,32,33)/t16-,17+,18-,19-,25-,26-,27+/m0/s1. The van der Waals surface area contributed by atoms with Crippen molar-refractivity contribution < 1.29 is 29.7 Å². The number of carbonyl (C=O) groups excluding carboxylic acids is 1. The summed E-state index contributed by atoms with van der Waals surface area (Å²) in [6.45, 7) is 14.4. The molecule has 7 atom stereocenters. The van der Waals surface area contributed by atoms with Crippen LogP contribution in [0.2, 0.25) is 0 Å². The lowest BCUT2D eigenvalue weighted by Crippen LogP contribution is -2.54. The van der Waals surface area contributed by atoms with Gasteiger partial charge in [-0.25, -0.2) is 0 Å². The number of allylic oxidation sites excluding steroid dienone is 2. The predicted molar refractivity (Wildman–Crippen MR) is 126 cm³/mol. The molecular formula is C27H40O6. The number of fused-ring (bicyclic) bond motifs is 2. The Morgan fingerprint density at radius 3 is 2.30 bits per heavy atom. The molecule has 1 fully saturated rings. The number of carbonyl (C=O) groups is 3. The van der Waals surface area contributed by atoms with Crippen LogP contribution in [0.15, 0.2) is 23.3 Å². The summed E-state index contributed by atoms with van der Waals surface area (Å²) >= 11 is 0. The highest BCUT2D eigenvalue weighted by Gasteiger charge is 2.65. The van der Waals surface area contributed by atoms with E-state index in [9.17, 15) is 24.6 Å². The number of carboxylic acid groups (broad SMARTS) is 2. The van der Waals surface area contributed by atoms with E-state index in [0.717, 1.165) is 24.0 Å². The van der Waals surface area contributed by atoms with Gasteiger partial charge >= 0.3 is 11.9 Å². The van der Waals surface area contributed by atoms with Crippen LogP contribution < -0.4 is 0 Å². The zero-order valence-corrected chi connectivity index (χ0v) is 20.7. The molecule has 3 rings (SSSR count). The first kappa shape index (κ1) is 25.7. The van der Waals surface area contributed by atoms with Crippen molar-refractivity contribution >= 4 is 17.7 Å². The minimum absolute atomic E-state index is 0.0141. The van der Waals surface area contributed by atoms with E-state index in [1.807, 2.05) is 13.8 Å². The number of Topliss-reactive ketones (excluding diaryl/α,β-unsaturated/α-hetero) is 1. The van der Waals surface area contributed by atoms with Gasteiger partial charge in [0.1, 0.15) is 0 Å². The fourth-order valence-corrected chi connectivity index (χ4v) is 7.89. The Labute approximate surface area is 197 Å². The maximum atomic E-state index is 13.9. The first-order valence-electron chi connectivity index (χ1n) is 12.2. The Kier molecular flexibility index (Phi) is 6.75. The lowest BCUT2D eigenvalue weighted by Gasteiger charge is -2.58. The Balaban J connectivity index is 2.12. The van der Waals surface area contributed by atoms with Crippen molar-refractivity contribution in [1.29, 1.82) is 0 Å². The van der Waals surface area contributed by atoms with E-state index in [2.05, 4.69) is 27.4 Å². The van der Waals surface area contributed by atoms with E-state index >= 15 is 0 Å². The molecule has 3 N–H and O–H groups in total. The molecule has 6 nitrogen and oxygen atoms in total. The Hall–Kier alpha value is -1.95. The number of carboxylic acids is 2. The van der Waals surface area contributed by atoms with Gasteiger partial charge in [-0.1, -0.05) is 39.8 Å². The molecule has 3 aliphatic carbocycles. The van der Waals surface area contributed by atoms with Crippen molar-refractivity contribution in [3.63, 3.8) is 0 Å². The number of hydrogen-bond acceptors (Lipinski definition) is 4. The Morgan fingerprint density at radius 1 is 1.15 bits per heavy atom. The molecule has 33 heavy (non-hydrogen) atoms. The summed E-state index contributed by atoms with van der Waals surface area (Å²) in [5, 5.41) is 30.0. The van der Waals surface area contributed by atoms with E-state index in [0.29, 0.717) is 31.3 Å². The quantitative estimate of drug-likeness (QED) is 0.439. The van der Waals surface area contributed by atoms with Crippen LogP contribution in [-0.4, -0.2) is 39.1 Å². The van der Waals surface area contributed by atoms with Crippen LogP contribution in [-0.2, 0) is 14.4 Å². The minimum Gasteiger partial charge on any atom is -0.481 e. The molecule has 0 aromatic heterocycles. The molecule has 0 unspecified atom stereocenters. The lowest BCUT2D eigenvalue weighted by atomic mass is 9.46. The molecule has 0 aliphatic heterocycles. The number of ketones is 1. The van der Waals surface area contributed by atoms with Crippen LogP contribution >= 0.6 is 0 Å². The maximum absolute atomic E-state index is 13.9. The zero-order chi connectivity index (χ0) is 24.9. The highest BCUT2D eigenvalue weighted by molar-refractivity contribution is 6.00. The zero-order valence-electron chi connectivity index (χ0n) is 20.7. The third-order valence-corrected chi connectivity index (χ3v) is 9.79. The largest absolute Gasteiger partial charge is 0.481 e. The monoisotopic (exact) mass is 460 g/mol. The number of aliphatic hydroxyl groups is 1. The van der Waals surface area contributed by atoms with E-state index in [1.54, 1.807) is 0 Å². The average molecular weight is 461 g/mol. The van der Waals surface area contributed by atoms with Crippen molar-refractivity contribution in [3.8, 4) is 0 Å². The SMILES string of the molecule is C=C(C)[C@@H]1C[C@H](O)C2=C(C(=O)C[C@]3(C)[C@@H]([C@@H](C)CCC(=O)O)CC[C@@]23C)[C@@]1(C)CCC(=O)O. The molecule has 3 aliphatic rings.